The van der Waals surface area contributed by atoms with Crippen molar-refractivity contribution in [3.63, 3.8) is 0 Å². The maximum Gasteiger partial charge on any atom is 0.408 e. The number of aliphatic hydroxyl groups excluding tert-OH is 1. The normalized spacial score (nSPS) is 16.9. The maximum absolute atomic E-state index is 15.4. The number of ketones is 3. The number of alkyl carbamates (subject to hydrolysis) is 1. The summed E-state index contributed by atoms with van der Waals surface area (Å²) in [4.78, 5) is 141. The van der Waals surface area contributed by atoms with E-state index in [4.69, 9.17) is 14.5 Å². The lowest BCUT2D eigenvalue weighted by Gasteiger charge is -2.40. The third-order valence-corrected chi connectivity index (χ3v) is 16.3. The van der Waals surface area contributed by atoms with Crippen LogP contribution in [0, 0.1) is 40.7 Å². The largest absolute Gasteiger partial charge is 0.458 e. The van der Waals surface area contributed by atoms with E-state index in [0.29, 0.717) is 63.6 Å². The maximum atomic E-state index is 15.4. The number of unbranched alkanes of at least 4 members (excludes halogenated alkanes) is 4. The van der Waals surface area contributed by atoms with Crippen LogP contribution in [0.5, 0.6) is 0 Å². The number of imidazole rings is 1. The van der Waals surface area contributed by atoms with Gasteiger partial charge in [-0.2, -0.15) is 0 Å². The number of nitrogens with zero attached hydrogens (tertiary/aromatic N) is 4. The van der Waals surface area contributed by atoms with Crippen LogP contribution in [0.2, 0.25) is 0 Å². The van der Waals surface area contributed by atoms with E-state index in [1.165, 1.54) is 24.0 Å². The summed E-state index contributed by atoms with van der Waals surface area (Å²) in [6, 6.07) is 8.08. The third kappa shape index (κ3) is 23.3. The van der Waals surface area contributed by atoms with Gasteiger partial charge in [-0.3, -0.25) is 43.3 Å². The number of halogens is 2. The van der Waals surface area contributed by atoms with Crippen molar-refractivity contribution < 1.29 is 71.3 Å². The van der Waals surface area contributed by atoms with Gasteiger partial charge in [0.05, 0.1) is 17.8 Å². The van der Waals surface area contributed by atoms with Gasteiger partial charge >= 0.3 is 12.1 Å². The number of rotatable bonds is 34. The first-order valence-corrected chi connectivity index (χ1v) is 32.1. The molecule has 1 fully saturated rings. The second kappa shape index (κ2) is 33.7. The first-order chi connectivity index (χ1) is 42.7. The molecule has 4 N–H and O–H groups in total. The number of ether oxygens (including phenoxy) is 2. The summed E-state index contributed by atoms with van der Waals surface area (Å²) in [5.74, 6) is -6.65. The van der Waals surface area contributed by atoms with E-state index in [1.54, 1.807) is 52.3 Å². The zero-order chi connectivity index (χ0) is 67.5. The second-order valence-electron chi connectivity index (χ2n) is 27.6. The monoisotopic (exact) mass is 1270 g/mol. The molecule has 91 heavy (non-hydrogen) atoms. The lowest BCUT2D eigenvalue weighted by Crippen LogP contribution is -2.52. The molecule has 2 aliphatic rings. The lowest BCUT2D eigenvalue weighted by atomic mass is 9.83. The van der Waals surface area contributed by atoms with E-state index in [0.717, 1.165) is 28.7 Å². The van der Waals surface area contributed by atoms with Crippen molar-refractivity contribution in [3.05, 3.63) is 89.9 Å². The Morgan fingerprint density at radius 3 is 2.02 bits per heavy atom. The summed E-state index contributed by atoms with van der Waals surface area (Å²) in [5.41, 5.74) is -1.80. The molecule has 500 valence electrons. The minimum Gasteiger partial charge on any atom is -0.458 e. The molecule has 1 aliphatic heterocycles. The van der Waals surface area contributed by atoms with Gasteiger partial charge in [0.2, 0.25) is 17.7 Å². The van der Waals surface area contributed by atoms with Crippen molar-refractivity contribution in [3.8, 4) is 11.3 Å². The van der Waals surface area contributed by atoms with Gasteiger partial charge in [-0.15, -0.1) is 0 Å². The standard InChI is InChI=1S/C69H97F2N7O13/c1-43(2)50(39-48(80)26-18-15-21-35-77-58(83)32-33-59(77)84)64(87)72-44(3)63(86)74-54(65(88)90-68(7,8)9)28-19-14-20-29-56(81)49-27-22-25-46(49)37-57(82)53(75-66(89)91-69(10,11)12)34-36-78(60(85)42-79)61(67(4,5)6)62-73-55(51-38-47(70)30-31-52(51)71)41-76(62)40-45-23-16-13-17-24-45/h13,16-17,23-24,30-33,38,41,43-44,46,49-50,53-54,61,79H,14-15,18-22,25-29,34-37,39-40,42H2,1-12H3,(H,72,87)(H,74,86)(H,75,89)/t44-,46+,49?,50-,53-,54-,61-/m0/s1. The third-order valence-electron chi connectivity index (χ3n) is 16.3. The smallest absolute Gasteiger partial charge is 0.408 e. The number of carbonyl (C=O) groups is 10. The van der Waals surface area contributed by atoms with Gasteiger partial charge in [0.1, 0.15) is 58.9 Å². The SMILES string of the molecule is CC(C)[C@H](CC(=O)CCCCCN1C(=O)C=CC1=O)C(=O)N[C@@H](C)C(=O)N[C@@H](CCCCCC(=O)C1CCC[C@@H]1CC(=O)[C@H](CCN(C(=O)CO)[C@@H](c1nc(-c2cc(F)ccc2F)cn1Cc1ccccc1)C(C)(C)C)NC(=O)OC(C)(C)C)C(=O)OC(C)(C)C. The summed E-state index contributed by atoms with van der Waals surface area (Å²) in [5, 5.41) is 18.7. The fourth-order valence-electron chi connectivity index (χ4n) is 11.7. The molecule has 22 heteroatoms. The molecule has 0 spiro atoms. The first-order valence-electron chi connectivity index (χ1n) is 32.1. The number of benzene rings is 2. The van der Waals surface area contributed by atoms with Gasteiger partial charge in [0.15, 0.2) is 5.78 Å². The molecule has 3 aromatic rings. The van der Waals surface area contributed by atoms with Crippen LogP contribution in [0.25, 0.3) is 11.3 Å². The molecule has 5 rings (SSSR count). The van der Waals surface area contributed by atoms with Crippen LogP contribution < -0.4 is 16.0 Å². The first kappa shape index (κ1) is 74.2. The van der Waals surface area contributed by atoms with Crippen LogP contribution in [0.4, 0.5) is 13.6 Å². The average molecular weight is 1270 g/mol. The number of nitrogens with one attached hydrogen (secondary N) is 3. The van der Waals surface area contributed by atoms with Crippen molar-refractivity contribution >= 4 is 58.9 Å². The zero-order valence-electron chi connectivity index (χ0n) is 55.3. The van der Waals surface area contributed by atoms with Crippen molar-refractivity contribution in [2.75, 3.05) is 19.7 Å². The molecule has 1 saturated carbocycles. The van der Waals surface area contributed by atoms with Gasteiger partial charge < -0.3 is 40.0 Å². The highest BCUT2D eigenvalue weighted by atomic mass is 19.1. The Labute approximate surface area is 534 Å². The number of hydrogen-bond donors (Lipinski definition) is 4. The Kier molecular flexibility index (Phi) is 27.5. The summed E-state index contributed by atoms with van der Waals surface area (Å²) >= 11 is 0. The number of hydrogen-bond acceptors (Lipinski definition) is 14. The van der Waals surface area contributed by atoms with E-state index in [1.807, 2.05) is 65.0 Å². The molecule has 6 amide bonds. The Bertz CT molecular complexity index is 3050. The predicted molar refractivity (Wildman–Crippen MR) is 338 cm³/mol. The minimum atomic E-state index is -1.21. The molecular formula is C69H97F2N7O13. The Balaban J connectivity index is 1.22. The molecule has 0 saturated heterocycles. The molecule has 1 unspecified atom stereocenters. The molecule has 2 heterocycles. The molecule has 0 bridgehead atoms. The second-order valence-corrected chi connectivity index (χ2v) is 27.6. The highest BCUT2D eigenvalue weighted by Gasteiger charge is 2.41. The van der Waals surface area contributed by atoms with Crippen LogP contribution in [-0.4, -0.2) is 132 Å². The summed E-state index contributed by atoms with van der Waals surface area (Å²) < 4.78 is 43.1. The molecule has 1 aliphatic carbocycles. The molecule has 0 radical (unpaired) electrons. The molecule has 2 aromatic carbocycles. The van der Waals surface area contributed by atoms with E-state index in [2.05, 4.69) is 16.0 Å². The highest BCUT2D eigenvalue weighted by Crippen LogP contribution is 2.41. The number of esters is 1. The van der Waals surface area contributed by atoms with E-state index in [9.17, 15) is 57.4 Å². The number of carbonyl (C=O) groups excluding carboxylic acids is 10. The van der Waals surface area contributed by atoms with Crippen molar-refractivity contribution in [1.29, 1.82) is 0 Å². The number of imide groups is 1. The predicted octanol–water partition coefficient (Wildman–Crippen LogP) is 10.0. The van der Waals surface area contributed by atoms with Gasteiger partial charge in [0, 0.05) is 81.1 Å². The van der Waals surface area contributed by atoms with Gasteiger partial charge in [-0.05, 0) is 134 Å². The van der Waals surface area contributed by atoms with E-state index < -0.39 is 101 Å². The number of Topliss-reactive ketones (excluding diaryl/α,β-unsaturated/α-hetero) is 3. The average Bonchev–Trinajstić information content (AvgIpc) is 1.73. The van der Waals surface area contributed by atoms with Gasteiger partial charge in [-0.25, -0.2) is 23.4 Å². The molecule has 1 aromatic heterocycles. The van der Waals surface area contributed by atoms with Crippen molar-refractivity contribution in [2.24, 2.45) is 29.1 Å². The van der Waals surface area contributed by atoms with Crippen LogP contribution in [0.3, 0.4) is 0 Å². The fraction of sp³-hybridized carbons (Fsp3) is 0.609. The van der Waals surface area contributed by atoms with Crippen LogP contribution in [-0.2, 0) is 59.2 Å². The van der Waals surface area contributed by atoms with Crippen LogP contribution >= 0.6 is 0 Å². The lowest BCUT2D eigenvalue weighted by molar-refractivity contribution is -0.159. The fourth-order valence-corrected chi connectivity index (χ4v) is 11.7. The summed E-state index contributed by atoms with van der Waals surface area (Å²) in [6.07, 6.45) is 8.30. The number of aromatic nitrogens is 2. The van der Waals surface area contributed by atoms with Crippen molar-refractivity contribution in [2.45, 2.75) is 221 Å². The Morgan fingerprint density at radius 1 is 0.747 bits per heavy atom. The van der Waals surface area contributed by atoms with Crippen LogP contribution in [0.1, 0.15) is 197 Å². The Morgan fingerprint density at radius 2 is 1.40 bits per heavy atom. The molecular weight excluding hydrogens is 1170 g/mol. The number of amides is 6. The van der Waals surface area contributed by atoms with Crippen molar-refractivity contribution in [1.82, 2.24) is 35.3 Å². The summed E-state index contributed by atoms with van der Waals surface area (Å²) in [7, 11) is 0. The van der Waals surface area contributed by atoms with Crippen LogP contribution in [0.15, 0.2) is 66.9 Å². The Hall–Kier alpha value is -7.49. The van der Waals surface area contributed by atoms with Gasteiger partial charge in [0.25, 0.3) is 11.8 Å². The van der Waals surface area contributed by atoms with Gasteiger partial charge in [-0.1, -0.05) is 90.6 Å². The minimum absolute atomic E-state index is 0.0329. The topological polar surface area (TPSA) is 270 Å². The van der Waals surface area contributed by atoms with E-state index >= 15 is 4.39 Å². The summed E-state index contributed by atoms with van der Waals surface area (Å²) in [6.45, 7) is 20.2. The number of aliphatic hydroxyl groups is 1. The zero-order valence-corrected chi connectivity index (χ0v) is 55.3. The van der Waals surface area contributed by atoms with E-state index in [-0.39, 0.29) is 110 Å². The molecule has 20 nitrogen and oxygen atoms in total. The quantitative estimate of drug-likeness (QED) is 0.0246. The highest BCUT2D eigenvalue weighted by molar-refractivity contribution is 6.12. The molecule has 7 atom stereocenters.